The molecule has 0 spiro atoms. The second kappa shape index (κ2) is 7.89. The number of fused-ring (bicyclic) bond motifs is 1. The summed E-state index contributed by atoms with van der Waals surface area (Å²) in [5.41, 5.74) is 1.84. The third kappa shape index (κ3) is 3.80. The normalized spacial score (nSPS) is 20.8. The molecule has 2 unspecified atom stereocenters. The van der Waals surface area contributed by atoms with Crippen LogP contribution in [0.25, 0.3) is 10.9 Å². The van der Waals surface area contributed by atoms with Gasteiger partial charge in [-0.05, 0) is 42.3 Å². The molecule has 25 heavy (non-hydrogen) atoms. The van der Waals surface area contributed by atoms with Crippen LogP contribution in [0.5, 0.6) is 0 Å². The number of aliphatic hydroxyl groups is 1. The molecule has 2 aromatic rings. The molecule has 6 heteroatoms. The number of amides is 2. The first-order valence-electron chi connectivity index (χ1n) is 8.90. The number of nitrogens with one attached hydrogen (secondary N) is 1. The van der Waals surface area contributed by atoms with E-state index in [0.717, 1.165) is 36.0 Å². The largest absolute Gasteiger partial charge is 0.394 e. The monoisotopic (exact) mass is 345 g/mol. The predicted molar refractivity (Wildman–Crippen MR) is 98.8 cm³/mol. The summed E-state index contributed by atoms with van der Waals surface area (Å²) in [6.45, 7) is 4.20. The molecular weight excluding hydrogens is 318 g/mol. The number of rotatable bonds is 5. The van der Waals surface area contributed by atoms with Crippen LogP contribution in [-0.4, -0.2) is 53.5 Å². The van der Waals surface area contributed by atoms with Gasteiger partial charge in [-0.15, -0.1) is 0 Å². The van der Waals surface area contributed by atoms with Gasteiger partial charge in [-0.3, -0.25) is 0 Å². The average Bonchev–Trinajstić information content (AvgIpc) is 3.02. The Labute approximate surface area is 148 Å². The highest BCUT2D eigenvalue weighted by Crippen LogP contribution is 2.25. The molecule has 3 rings (SSSR count). The number of ether oxygens (including phenoxy) is 1. The number of hydrogen-bond donors (Lipinski definition) is 2. The number of piperidine rings is 1. The van der Waals surface area contributed by atoms with Gasteiger partial charge in [0.15, 0.2) is 0 Å². The zero-order chi connectivity index (χ0) is 17.8. The molecule has 1 saturated heterocycles. The van der Waals surface area contributed by atoms with E-state index in [0.29, 0.717) is 19.1 Å². The fourth-order valence-electron chi connectivity index (χ4n) is 3.62. The summed E-state index contributed by atoms with van der Waals surface area (Å²) in [4.78, 5) is 14.5. The highest BCUT2D eigenvalue weighted by Gasteiger charge is 2.31. The van der Waals surface area contributed by atoms with Gasteiger partial charge in [0, 0.05) is 32.1 Å². The molecule has 136 valence electrons. The Kier molecular flexibility index (Phi) is 5.60. The summed E-state index contributed by atoms with van der Waals surface area (Å²) in [7, 11) is 1.69. The van der Waals surface area contributed by atoms with E-state index in [2.05, 4.69) is 22.9 Å². The first kappa shape index (κ1) is 17.8. The Morgan fingerprint density at radius 1 is 1.40 bits per heavy atom. The van der Waals surface area contributed by atoms with Crippen LogP contribution in [0.1, 0.15) is 19.8 Å². The topological polar surface area (TPSA) is 66.7 Å². The van der Waals surface area contributed by atoms with Gasteiger partial charge in [0.2, 0.25) is 0 Å². The number of urea groups is 1. The number of carbonyl (C=O) groups is 1. The summed E-state index contributed by atoms with van der Waals surface area (Å²) < 4.78 is 7.27. The Morgan fingerprint density at radius 3 is 3.00 bits per heavy atom. The van der Waals surface area contributed by atoms with Gasteiger partial charge in [-0.1, -0.05) is 13.0 Å². The van der Waals surface area contributed by atoms with Gasteiger partial charge in [-0.2, -0.15) is 0 Å². The first-order valence-corrected chi connectivity index (χ1v) is 8.90. The fourth-order valence-corrected chi connectivity index (χ4v) is 3.62. The highest BCUT2D eigenvalue weighted by atomic mass is 16.5. The molecule has 0 aliphatic carbocycles. The zero-order valence-corrected chi connectivity index (χ0v) is 14.9. The van der Waals surface area contributed by atoms with E-state index >= 15 is 0 Å². The molecule has 6 nitrogen and oxygen atoms in total. The Balaban J connectivity index is 1.76. The molecule has 1 aromatic heterocycles. The van der Waals surface area contributed by atoms with Crippen LogP contribution in [0.15, 0.2) is 30.5 Å². The molecule has 2 atom stereocenters. The van der Waals surface area contributed by atoms with Crippen molar-refractivity contribution in [2.75, 3.05) is 32.2 Å². The lowest BCUT2D eigenvalue weighted by Gasteiger charge is -2.38. The molecule has 1 aliphatic heterocycles. The summed E-state index contributed by atoms with van der Waals surface area (Å²) >= 11 is 0. The molecule has 0 radical (unpaired) electrons. The lowest BCUT2D eigenvalue weighted by Crippen LogP contribution is -2.51. The fraction of sp³-hybridized carbons (Fsp3) is 0.526. The van der Waals surface area contributed by atoms with E-state index in [-0.39, 0.29) is 18.7 Å². The molecule has 2 N–H and O–H groups in total. The lowest BCUT2D eigenvalue weighted by molar-refractivity contribution is 0.0811. The van der Waals surface area contributed by atoms with Gasteiger partial charge in [-0.25, -0.2) is 4.79 Å². The molecule has 0 bridgehead atoms. The van der Waals surface area contributed by atoms with Crippen molar-refractivity contribution in [2.45, 2.75) is 32.4 Å². The van der Waals surface area contributed by atoms with Crippen molar-refractivity contribution in [2.24, 2.45) is 5.92 Å². The molecule has 1 aliphatic rings. The van der Waals surface area contributed by atoms with Gasteiger partial charge < -0.3 is 24.6 Å². The summed E-state index contributed by atoms with van der Waals surface area (Å²) in [5.74, 6) is 0.318. The maximum Gasteiger partial charge on any atom is 0.322 e. The summed E-state index contributed by atoms with van der Waals surface area (Å²) in [6, 6.07) is 7.73. The minimum atomic E-state index is -0.139. The minimum Gasteiger partial charge on any atom is -0.394 e. The Morgan fingerprint density at radius 2 is 2.24 bits per heavy atom. The van der Waals surface area contributed by atoms with E-state index in [4.69, 9.17) is 4.74 Å². The van der Waals surface area contributed by atoms with E-state index in [1.807, 2.05) is 24.4 Å². The molecule has 2 heterocycles. The number of benzene rings is 1. The van der Waals surface area contributed by atoms with Crippen LogP contribution in [0.4, 0.5) is 10.5 Å². The Hall–Kier alpha value is -2.05. The minimum absolute atomic E-state index is 0.00743. The van der Waals surface area contributed by atoms with Crippen LogP contribution in [0, 0.1) is 5.92 Å². The number of hydrogen-bond acceptors (Lipinski definition) is 3. The van der Waals surface area contributed by atoms with Crippen LogP contribution in [-0.2, 0) is 11.3 Å². The number of methoxy groups -OCH3 is 1. The van der Waals surface area contributed by atoms with Gasteiger partial charge in [0.25, 0.3) is 0 Å². The van der Waals surface area contributed by atoms with Crippen molar-refractivity contribution in [3.8, 4) is 0 Å². The SMILES string of the molecule is COCCn1ccc2ccc(NC(=O)N3CCCC(C)C3CO)cc21. The molecular formula is C19H27N3O3. The quantitative estimate of drug-likeness (QED) is 0.876. The van der Waals surface area contributed by atoms with Crippen molar-refractivity contribution >= 4 is 22.6 Å². The van der Waals surface area contributed by atoms with Crippen molar-refractivity contribution in [1.29, 1.82) is 0 Å². The standard InChI is InChI=1S/C19H27N3O3/c1-14-4-3-8-22(18(14)13-23)19(24)20-16-6-5-15-7-9-21(10-11-25-2)17(15)12-16/h5-7,9,12,14,18,23H,3-4,8,10-11,13H2,1-2H3,(H,20,24). The summed E-state index contributed by atoms with van der Waals surface area (Å²) in [5, 5.41) is 13.8. The zero-order valence-electron chi connectivity index (χ0n) is 14.9. The van der Waals surface area contributed by atoms with E-state index in [1.165, 1.54) is 0 Å². The number of aliphatic hydroxyl groups excluding tert-OH is 1. The van der Waals surface area contributed by atoms with Crippen molar-refractivity contribution in [3.63, 3.8) is 0 Å². The second-order valence-corrected chi connectivity index (χ2v) is 6.77. The van der Waals surface area contributed by atoms with E-state index < -0.39 is 0 Å². The average molecular weight is 345 g/mol. The molecule has 2 amide bonds. The molecule has 1 aromatic carbocycles. The predicted octanol–water partition coefficient (Wildman–Crippen LogP) is 2.91. The summed E-state index contributed by atoms with van der Waals surface area (Å²) in [6.07, 6.45) is 4.06. The number of aromatic nitrogens is 1. The highest BCUT2D eigenvalue weighted by molar-refractivity contribution is 5.93. The first-order chi connectivity index (χ1) is 12.1. The van der Waals surface area contributed by atoms with Gasteiger partial charge >= 0.3 is 6.03 Å². The van der Waals surface area contributed by atoms with Crippen molar-refractivity contribution < 1.29 is 14.6 Å². The number of likely N-dealkylation sites (tertiary alicyclic amines) is 1. The van der Waals surface area contributed by atoms with E-state index in [1.54, 1.807) is 12.0 Å². The van der Waals surface area contributed by atoms with Crippen LogP contribution in [0.2, 0.25) is 0 Å². The Bertz CT molecular complexity index is 728. The number of nitrogens with zero attached hydrogens (tertiary/aromatic N) is 2. The van der Waals surface area contributed by atoms with Crippen LogP contribution >= 0.6 is 0 Å². The van der Waals surface area contributed by atoms with Gasteiger partial charge in [0.1, 0.15) is 0 Å². The van der Waals surface area contributed by atoms with Gasteiger partial charge in [0.05, 0.1) is 24.8 Å². The third-order valence-electron chi connectivity index (χ3n) is 5.13. The third-order valence-corrected chi connectivity index (χ3v) is 5.13. The number of carbonyl (C=O) groups excluding carboxylic acids is 1. The number of anilines is 1. The second-order valence-electron chi connectivity index (χ2n) is 6.77. The van der Waals surface area contributed by atoms with Crippen LogP contribution in [0.3, 0.4) is 0 Å². The van der Waals surface area contributed by atoms with E-state index in [9.17, 15) is 9.90 Å². The maximum atomic E-state index is 12.7. The van der Waals surface area contributed by atoms with Crippen molar-refractivity contribution in [3.05, 3.63) is 30.5 Å². The molecule has 1 fully saturated rings. The van der Waals surface area contributed by atoms with Crippen molar-refractivity contribution in [1.82, 2.24) is 9.47 Å². The lowest BCUT2D eigenvalue weighted by atomic mass is 9.91. The molecule has 0 saturated carbocycles. The smallest absolute Gasteiger partial charge is 0.322 e. The maximum absolute atomic E-state index is 12.7. The van der Waals surface area contributed by atoms with Crippen LogP contribution < -0.4 is 5.32 Å².